The number of benzene rings is 1. The zero-order chi connectivity index (χ0) is 16.3. The van der Waals surface area contributed by atoms with Crippen molar-refractivity contribution < 1.29 is 18.0 Å². The number of nitrogens with two attached hydrogens (primary N) is 1. The standard InChI is InChI=1S/C14H13F3N4O/c1-8(9-3-2-4-10(7-9)14(15,16)17)21-13(22)11-12(18)20-6-5-19-11/h2-8H,1H3,(H2,18,20)(H,21,22). The maximum atomic E-state index is 12.7. The Balaban J connectivity index is 2.18. The minimum absolute atomic E-state index is 0.0451. The number of carbonyl (C=O) groups excluding carboxylic acids is 1. The molecule has 0 aliphatic heterocycles. The number of rotatable bonds is 3. The monoisotopic (exact) mass is 310 g/mol. The molecule has 3 N–H and O–H groups in total. The van der Waals surface area contributed by atoms with E-state index in [1.165, 1.54) is 24.5 Å². The highest BCUT2D eigenvalue weighted by Crippen LogP contribution is 2.30. The van der Waals surface area contributed by atoms with E-state index >= 15 is 0 Å². The van der Waals surface area contributed by atoms with Gasteiger partial charge in [0.2, 0.25) is 0 Å². The van der Waals surface area contributed by atoms with Crippen LogP contribution >= 0.6 is 0 Å². The van der Waals surface area contributed by atoms with Gasteiger partial charge < -0.3 is 11.1 Å². The van der Waals surface area contributed by atoms with Crippen molar-refractivity contribution in [1.29, 1.82) is 0 Å². The quantitative estimate of drug-likeness (QED) is 0.913. The van der Waals surface area contributed by atoms with Crippen LogP contribution in [-0.4, -0.2) is 15.9 Å². The topological polar surface area (TPSA) is 80.9 Å². The number of hydrogen-bond acceptors (Lipinski definition) is 4. The molecule has 0 spiro atoms. The Bertz CT molecular complexity index is 688. The molecule has 0 saturated carbocycles. The van der Waals surface area contributed by atoms with Crippen LogP contribution in [0.5, 0.6) is 0 Å². The molecule has 2 rings (SSSR count). The van der Waals surface area contributed by atoms with Gasteiger partial charge in [0.1, 0.15) is 0 Å². The molecule has 116 valence electrons. The Morgan fingerprint density at radius 3 is 2.59 bits per heavy atom. The Morgan fingerprint density at radius 2 is 1.95 bits per heavy atom. The van der Waals surface area contributed by atoms with Crippen molar-refractivity contribution in [2.45, 2.75) is 19.1 Å². The highest BCUT2D eigenvalue weighted by atomic mass is 19.4. The summed E-state index contributed by atoms with van der Waals surface area (Å²) in [5.74, 6) is -0.647. The van der Waals surface area contributed by atoms with E-state index in [4.69, 9.17) is 5.73 Å². The third kappa shape index (κ3) is 3.51. The van der Waals surface area contributed by atoms with E-state index in [-0.39, 0.29) is 11.5 Å². The Hall–Kier alpha value is -2.64. The van der Waals surface area contributed by atoms with Crippen LogP contribution in [0, 0.1) is 0 Å². The lowest BCUT2D eigenvalue weighted by Crippen LogP contribution is -2.28. The van der Waals surface area contributed by atoms with Crippen molar-refractivity contribution >= 4 is 11.7 Å². The van der Waals surface area contributed by atoms with Crippen molar-refractivity contribution in [3.63, 3.8) is 0 Å². The fourth-order valence-electron chi connectivity index (χ4n) is 1.86. The molecule has 0 saturated heterocycles. The van der Waals surface area contributed by atoms with Crippen LogP contribution in [0.15, 0.2) is 36.7 Å². The smallest absolute Gasteiger partial charge is 0.382 e. The van der Waals surface area contributed by atoms with Crippen molar-refractivity contribution in [2.24, 2.45) is 0 Å². The van der Waals surface area contributed by atoms with E-state index in [1.807, 2.05) is 0 Å². The summed E-state index contributed by atoms with van der Waals surface area (Å²) in [4.78, 5) is 19.5. The van der Waals surface area contributed by atoms with E-state index in [0.717, 1.165) is 12.1 Å². The molecule has 0 aliphatic rings. The molecular formula is C14H13F3N4O. The van der Waals surface area contributed by atoms with Gasteiger partial charge in [-0.3, -0.25) is 4.79 Å². The van der Waals surface area contributed by atoms with E-state index in [1.54, 1.807) is 6.92 Å². The van der Waals surface area contributed by atoms with Crippen LogP contribution in [0.25, 0.3) is 0 Å². The SMILES string of the molecule is CC(NC(=O)c1nccnc1N)c1cccc(C(F)(F)F)c1. The zero-order valence-corrected chi connectivity index (χ0v) is 11.6. The molecule has 1 aromatic carbocycles. The summed E-state index contributed by atoms with van der Waals surface area (Å²) in [6.07, 6.45) is -1.79. The Labute approximate surface area is 124 Å². The third-order valence-electron chi connectivity index (χ3n) is 3.00. The number of amides is 1. The first kappa shape index (κ1) is 15.7. The number of nitrogens with one attached hydrogen (secondary N) is 1. The second kappa shape index (κ2) is 6.00. The molecular weight excluding hydrogens is 297 g/mol. The fourth-order valence-corrected chi connectivity index (χ4v) is 1.86. The molecule has 1 aromatic heterocycles. The highest BCUT2D eigenvalue weighted by Gasteiger charge is 2.30. The lowest BCUT2D eigenvalue weighted by molar-refractivity contribution is -0.137. The Morgan fingerprint density at radius 1 is 1.27 bits per heavy atom. The summed E-state index contributed by atoms with van der Waals surface area (Å²) in [6.45, 7) is 1.57. The van der Waals surface area contributed by atoms with Crippen LogP contribution in [0.4, 0.5) is 19.0 Å². The van der Waals surface area contributed by atoms with Crippen LogP contribution in [0.3, 0.4) is 0 Å². The number of alkyl halides is 3. The molecule has 1 unspecified atom stereocenters. The number of aromatic nitrogens is 2. The van der Waals surface area contributed by atoms with Gasteiger partial charge in [0.25, 0.3) is 5.91 Å². The van der Waals surface area contributed by atoms with Crippen molar-refractivity contribution in [3.8, 4) is 0 Å². The minimum Gasteiger partial charge on any atom is -0.382 e. The van der Waals surface area contributed by atoms with Crippen LogP contribution < -0.4 is 11.1 Å². The van der Waals surface area contributed by atoms with Gasteiger partial charge in [0, 0.05) is 12.4 Å². The van der Waals surface area contributed by atoms with Gasteiger partial charge in [0.15, 0.2) is 11.5 Å². The molecule has 1 atom stereocenters. The lowest BCUT2D eigenvalue weighted by Gasteiger charge is -2.16. The molecule has 5 nitrogen and oxygen atoms in total. The summed E-state index contributed by atoms with van der Waals surface area (Å²) in [6, 6.07) is 4.11. The third-order valence-corrected chi connectivity index (χ3v) is 3.00. The van der Waals surface area contributed by atoms with E-state index in [2.05, 4.69) is 15.3 Å². The van der Waals surface area contributed by atoms with Crippen molar-refractivity contribution in [3.05, 3.63) is 53.5 Å². The van der Waals surface area contributed by atoms with E-state index in [0.29, 0.717) is 5.56 Å². The van der Waals surface area contributed by atoms with Crippen LogP contribution in [0.1, 0.15) is 34.6 Å². The lowest BCUT2D eigenvalue weighted by atomic mass is 10.0. The number of nitrogen functional groups attached to an aromatic ring is 1. The molecule has 0 aliphatic carbocycles. The fraction of sp³-hybridized carbons (Fsp3) is 0.214. The van der Waals surface area contributed by atoms with Crippen molar-refractivity contribution in [2.75, 3.05) is 5.73 Å². The molecule has 0 radical (unpaired) electrons. The van der Waals surface area contributed by atoms with Gasteiger partial charge in [-0.1, -0.05) is 12.1 Å². The first-order valence-electron chi connectivity index (χ1n) is 6.33. The zero-order valence-electron chi connectivity index (χ0n) is 11.6. The second-order valence-corrected chi connectivity index (χ2v) is 4.61. The number of nitrogens with zero attached hydrogens (tertiary/aromatic N) is 2. The minimum atomic E-state index is -4.44. The van der Waals surface area contributed by atoms with E-state index in [9.17, 15) is 18.0 Å². The number of carbonyl (C=O) groups is 1. The van der Waals surface area contributed by atoms with Gasteiger partial charge in [-0.2, -0.15) is 13.2 Å². The van der Waals surface area contributed by atoms with Crippen molar-refractivity contribution in [1.82, 2.24) is 15.3 Å². The summed E-state index contributed by atoms with van der Waals surface area (Å²) in [5, 5.41) is 2.54. The van der Waals surface area contributed by atoms with Crippen LogP contribution in [-0.2, 0) is 6.18 Å². The molecule has 22 heavy (non-hydrogen) atoms. The number of halogens is 3. The summed E-state index contributed by atoms with van der Waals surface area (Å²) in [5.41, 5.74) is 5.02. The highest BCUT2D eigenvalue weighted by molar-refractivity contribution is 5.96. The van der Waals surface area contributed by atoms with E-state index < -0.39 is 23.7 Å². The predicted octanol–water partition coefficient (Wildman–Crippen LogP) is 2.57. The Kier molecular flexibility index (Phi) is 4.30. The number of hydrogen-bond donors (Lipinski definition) is 2. The van der Waals surface area contributed by atoms with Crippen LogP contribution in [0.2, 0.25) is 0 Å². The first-order valence-corrected chi connectivity index (χ1v) is 6.33. The average molecular weight is 310 g/mol. The molecule has 8 heteroatoms. The molecule has 1 amide bonds. The summed E-state index contributed by atoms with van der Waals surface area (Å²) < 4.78 is 38.1. The van der Waals surface area contributed by atoms with Gasteiger partial charge in [0.05, 0.1) is 11.6 Å². The maximum Gasteiger partial charge on any atom is 0.416 e. The largest absolute Gasteiger partial charge is 0.416 e. The molecule has 1 heterocycles. The first-order chi connectivity index (χ1) is 10.3. The van der Waals surface area contributed by atoms with Gasteiger partial charge in [-0.05, 0) is 24.6 Å². The second-order valence-electron chi connectivity index (χ2n) is 4.61. The maximum absolute atomic E-state index is 12.7. The predicted molar refractivity (Wildman–Crippen MR) is 73.8 cm³/mol. The van der Waals surface area contributed by atoms with Gasteiger partial charge >= 0.3 is 6.18 Å². The number of anilines is 1. The molecule has 0 fully saturated rings. The molecule has 2 aromatic rings. The van der Waals surface area contributed by atoms with Gasteiger partial charge in [-0.15, -0.1) is 0 Å². The normalized spacial score (nSPS) is 12.7. The summed E-state index contributed by atoms with van der Waals surface area (Å²) in [7, 11) is 0. The van der Waals surface area contributed by atoms with Gasteiger partial charge in [-0.25, -0.2) is 9.97 Å². The summed E-state index contributed by atoms with van der Waals surface area (Å²) >= 11 is 0. The average Bonchev–Trinajstić information content (AvgIpc) is 2.46. The molecule has 0 bridgehead atoms.